The summed E-state index contributed by atoms with van der Waals surface area (Å²) in [7, 11) is 1.74. The van der Waals surface area contributed by atoms with Crippen molar-refractivity contribution < 1.29 is 14.3 Å². The Morgan fingerprint density at radius 1 is 1.08 bits per heavy atom. The molecule has 202 valence electrons. The molecule has 1 N–H and O–H groups in total. The third-order valence-electron chi connectivity index (χ3n) is 7.82. The van der Waals surface area contributed by atoms with Gasteiger partial charge in [0.25, 0.3) is 0 Å². The number of hydrogen-bond donors (Lipinski definition) is 1. The van der Waals surface area contributed by atoms with Crippen LogP contribution < -0.4 is 9.80 Å². The van der Waals surface area contributed by atoms with E-state index in [0.29, 0.717) is 35.8 Å². The van der Waals surface area contributed by atoms with Gasteiger partial charge in [-0.15, -0.1) is 11.6 Å². The van der Waals surface area contributed by atoms with Crippen LogP contribution >= 0.6 is 23.2 Å². The lowest BCUT2D eigenvalue weighted by Gasteiger charge is -2.44. The maximum Gasteiger partial charge on any atom is 0.237 e. The number of phenols is 1. The van der Waals surface area contributed by atoms with Crippen LogP contribution in [0.15, 0.2) is 42.5 Å². The van der Waals surface area contributed by atoms with Gasteiger partial charge >= 0.3 is 0 Å². The molecule has 6 rings (SSSR count). The fraction of sp³-hybridized carbons (Fsp3) is 0.345. The van der Waals surface area contributed by atoms with Gasteiger partial charge in [-0.1, -0.05) is 35.9 Å². The van der Waals surface area contributed by atoms with Gasteiger partial charge in [0, 0.05) is 44.2 Å². The number of alkyl halides is 1. The van der Waals surface area contributed by atoms with Crippen LogP contribution in [0.2, 0.25) is 5.02 Å². The average Bonchev–Trinajstić information content (AvgIpc) is 2.92. The van der Waals surface area contributed by atoms with Gasteiger partial charge in [-0.05, 0) is 53.8 Å². The van der Waals surface area contributed by atoms with Crippen LogP contribution in [-0.4, -0.2) is 71.0 Å². The lowest BCUT2D eigenvalue weighted by molar-refractivity contribution is -0.129. The normalized spacial score (nSPS) is 16.1. The monoisotopic (exact) mass is 567 g/mol. The first-order valence-electron chi connectivity index (χ1n) is 13.1. The summed E-state index contributed by atoms with van der Waals surface area (Å²) in [4.78, 5) is 27.4. The van der Waals surface area contributed by atoms with Crippen molar-refractivity contribution in [3.8, 4) is 16.9 Å². The van der Waals surface area contributed by atoms with Crippen molar-refractivity contribution in [3.63, 3.8) is 0 Å². The van der Waals surface area contributed by atoms with Gasteiger partial charge in [0.1, 0.15) is 23.0 Å². The molecular formula is C29H28Cl2FN5O2. The number of aromatic hydroxyl groups is 1. The molecule has 4 aromatic rings. The number of aromatic nitrogens is 2. The minimum absolute atomic E-state index is 0.0155. The summed E-state index contributed by atoms with van der Waals surface area (Å²) >= 11 is 12.5. The molecule has 0 aliphatic carbocycles. The van der Waals surface area contributed by atoms with Crippen molar-refractivity contribution in [2.45, 2.75) is 25.3 Å². The molecule has 2 fully saturated rings. The number of amides is 1. The second-order valence-electron chi connectivity index (χ2n) is 10.3. The summed E-state index contributed by atoms with van der Waals surface area (Å²) in [6, 6.07) is 12.4. The number of rotatable bonds is 5. The highest BCUT2D eigenvalue weighted by Gasteiger charge is 2.35. The van der Waals surface area contributed by atoms with Crippen LogP contribution in [0.3, 0.4) is 0 Å². The van der Waals surface area contributed by atoms with Crippen molar-refractivity contribution in [1.82, 2.24) is 14.9 Å². The topological polar surface area (TPSA) is 72.8 Å². The molecule has 3 aromatic carbocycles. The quantitative estimate of drug-likeness (QED) is 0.306. The van der Waals surface area contributed by atoms with Crippen molar-refractivity contribution in [1.29, 1.82) is 0 Å². The van der Waals surface area contributed by atoms with Crippen LogP contribution in [0.25, 0.3) is 32.8 Å². The summed E-state index contributed by atoms with van der Waals surface area (Å²) in [5, 5.41) is 12.8. The first-order valence-corrected chi connectivity index (χ1v) is 14.0. The molecule has 0 unspecified atom stereocenters. The number of anilines is 2. The number of carbonyl (C=O) groups is 1. The van der Waals surface area contributed by atoms with Gasteiger partial charge in [0.05, 0.1) is 11.1 Å². The van der Waals surface area contributed by atoms with Gasteiger partial charge in [-0.2, -0.15) is 4.98 Å². The lowest BCUT2D eigenvalue weighted by atomic mass is 9.96. The number of benzene rings is 3. The molecule has 0 saturated carbocycles. The van der Waals surface area contributed by atoms with Crippen molar-refractivity contribution in [2.24, 2.45) is 0 Å². The highest BCUT2D eigenvalue weighted by atomic mass is 35.5. The lowest BCUT2D eigenvalue weighted by Crippen LogP contribution is -2.60. The number of piperidine rings is 1. The number of halogens is 3. The second-order valence-corrected chi connectivity index (χ2v) is 10.9. The maximum atomic E-state index is 16.6. The van der Waals surface area contributed by atoms with Gasteiger partial charge in [0.15, 0.2) is 5.82 Å². The Morgan fingerprint density at radius 2 is 1.82 bits per heavy atom. The molecule has 0 spiro atoms. The summed E-state index contributed by atoms with van der Waals surface area (Å²) in [5.41, 5.74) is 0.875. The molecule has 0 atom stereocenters. The summed E-state index contributed by atoms with van der Waals surface area (Å²) in [6.07, 6.45) is 3.20. The Balaban J connectivity index is 1.50. The van der Waals surface area contributed by atoms with Crippen LogP contribution in [0.1, 0.15) is 19.3 Å². The third kappa shape index (κ3) is 4.59. The molecule has 39 heavy (non-hydrogen) atoms. The van der Waals surface area contributed by atoms with Crippen LogP contribution in [0.5, 0.6) is 5.75 Å². The molecule has 2 aliphatic heterocycles. The first kappa shape index (κ1) is 25.9. The number of phenolic OH excluding ortho intramolecular Hbond substituents is 1. The predicted octanol–water partition coefficient (Wildman–Crippen LogP) is 5.82. The molecule has 2 aliphatic rings. The number of fused-ring (bicyclic) bond motifs is 2. The number of hydrogen-bond acceptors (Lipinski definition) is 6. The van der Waals surface area contributed by atoms with Crippen molar-refractivity contribution in [3.05, 3.63) is 53.3 Å². The minimum Gasteiger partial charge on any atom is -0.508 e. The van der Waals surface area contributed by atoms with Crippen LogP contribution in [-0.2, 0) is 4.79 Å². The Bertz CT molecular complexity index is 1590. The molecule has 3 heterocycles. The van der Waals surface area contributed by atoms with Crippen LogP contribution in [0.4, 0.5) is 16.2 Å². The Labute approximate surface area is 235 Å². The standard InChI is InChI=1S/C29H28Cl2FN5O2/c1-35(24(39)14-30)18-15-37(16-18)29-33-27-22(28(34-29)36-9-5-2-6-10-36)13-23(31)25(26(27)32)21-12-19(38)11-17-7-3-4-8-20(17)21/h3-4,7-8,11-13,18,38H,2,5-6,9-10,14-16H2,1H3. The highest BCUT2D eigenvalue weighted by Crippen LogP contribution is 2.43. The second kappa shape index (κ2) is 10.3. The fourth-order valence-corrected chi connectivity index (χ4v) is 6.05. The molecule has 10 heteroatoms. The van der Waals surface area contributed by atoms with E-state index in [9.17, 15) is 9.90 Å². The predicted molar refractivity (Wildman–Crippen MR) is 155 cm³/mol. The van der Waals surface area contributed by atoms with E-state index in [2.05, 4.69) is 4.90 Å². The van der Waals surface area contributed by atoms with Gasteiger partial charge in [-0.3, -0.25) is 4.79 Å². The molecule has 7 nitrogen and oxygen atoms in total. The largest absolute Gasteiger partial charge is 0.508 e. The Morgan fingerprint density at radius 3 is 2.56 bits per heavy atom. The number of nitrogens with zero attached hydrogens (tertiary/aromatic N) is 5. The maximum absolute atomic E-state index is 16.6. The highest BCUT2D eigenvalue weighted by molar-refractivity contribution is 6.35. The van der Waals surface area contributed by atoms with Crippen molar-refractivity contribution >= 4 is 62.6 Å². The first-order chi connectivity index (χ1) is 18.9. The molecule has 0 bridgehead atoms. The van der Waals surface area contributed by atoms with Gasteiger partial charge < -0.3 is 19.8 Å². The molecular weight excluding hydrogens is 540 g/mol. The van der Waals surface area contributed by atoms with Gasteiger partial charge in [0.2, 0.25) is 11.9 Å². The zero-order chi connectivity index (χ0) is 27.3. The van der Waals surface area contributed by atoms with E-state index in [4.69, 9.17) is 33.2 Å². The fourth-order valence-electron chi connectivity index (χ4n) is 5.57. The summed E-state index contributed by atoms with van der Waals surface area (Å²) < 4.78 is 16.6. The summed E-state index contributed by atoms with van der Waals surface area (Å²) in [6.45, 7) is 2.70. The Kier molecular flexibility index (Phi) is 6.85. The molecule has 1 amide bonds. The zero-order valence-electron chi connectivity index (χ0n) is 21.5. The van der Waals surface area contributed by atoms with E-state index in [1.807, 2.05) is 29.2 Å². The Hall–Kier alpha value is -3.36. The minimum atomic E-state index is -0.554. The van der Waals surface area contributed by atoms with E-state index in [1.54, 1.807) is 24.1 Å². The van der Waals surface area contributed by atoms with E-state index >= 15 is 4.39 Å². The molecule has 2 saturated heterocycles. The van der Waals surface area contributed by atoms with E-state index < -0.39 is 5.82 Å². The number of likely N-dealkylation sites (N-methyl/N-ethyl adjacent to an activating group) is 1. The molecule has 1 aromatic heterocycles. The SMILES string of the molecule is CN(C(=O)CCl)C1CN(c2nc(N3CCCCC3)c3cc(Cl)c(-c4cc(O)cc5ccccc45)c(F)c3n2)C1. The van der Waals surface area contributed by atoms with E-state index in [0.717, 1.165) is 43.1 Å². The van der Waals surface area contributed by atoms with Crippen LogP contribution in [0, 0.1) is 5.82 Å². The van der Waals surface area contributed by atoms with E-state index in [1.165, 1.54) is 6.07 Å². The summed E-state index contributed by atoms with van der Waals surface area (Å²) in [5.74, 6) is 0.339. The third-order valence-corrected chi connectivity index (χ3v) is 8.35. The zero-order valence-corrected chi connectivity index (χ0v) is 23.0. The molecule has 0 radical (unpaired) electrons. The average molecular weight is 568 g/mol. The van der Waals surface area contributed by atoms with E-state index in [-0.39, 0.29) is 39.7 Å². The van der Waals surface area contributed by atoms with Crippen molar-refractivity contribution in [2.75, 3.05) is 48.9 Å². The number of carbonyl (C=O) groups excluding carboxylic acids is 1. The smallest absolute Gasteiger partial charge is 0.237 e. The van der Waals surface area contributed by atoms with Gasteiger partial charge in [-0.25, -0.2) is 9.37 Å².